The minimum Gasteiger partial charge on any atom is -0.379 e. The molecule has 0 bridgehead atoms. The number of rotatable bonds is 5. The molecule has 1 atom stereocenters. The van der Waals surface area contributed by atoms with Crippen LogP contribution in [0.2, 0.25) is 0 Å². The number of pyridine rings is 1. The average Bonchev–Trinajstić information content (AvgIpc) is 2.88. The van der Waals surface area contributed by atoms with E-state index in [-0.39, 0.29) is 28.5 Å². The summed E-state index contributed by atoms with van der Waals surface area (Å²) in [6.45, 7) is 8.99. The number of aromatic nitrogens is 1. The van der Waals surface area contributed by atoms with Gasteiger partial charge in [0.25, 0.3) is 0 Å². The van der Waals surface area contributed by atoms with Gasteiger partial charge < -0.3 is 19.4 Å². The Morgan fingerprint density at radius 1 is 1.00 bits per heavy atom. The highest BCUT2D eigenvalue weighted by Gasteiger charge is 2.33. The predicted octanol–water partition coefficient (Wildman–Crippen LogP) is 0.646. The molecule has 4 rings (SSSR count). The second kappa shape index (κ2) is 10.6. The van der Waals surface area contributed by atoms with Gasteiger partial charge >= 0.3 is 0 Å². The van der Waals surface area contributed by atoms with Crippen molar-refractivity contribution in [2.75, 3.05) is 70.5 Å². The molecule has 1 unspecified atom stereocenters. The molecule has 3 aliphatic rings. The van der Waals surface area contributed by atoms with Crippen LogP contribution >= 0.6 is 0 Å². The fourth-order valence-corrected chi connectivity index (χ4v) is 6.16. The van der Waals surface area contributed by atoms with Crippen LogP contribution in [-0.4, -0.2) is 105 Å². The number of amides is 2. The summed E-state index contributed by atoms with van der Waals surface area (Å²) >= 11 is 0. The molecule has 11 heteroatoms. The third-order valence-electron chi connectivity index (χ3n) is 6.82. The third kappa shape index (κ3) is 5.36. The van der Waals surface area contributed by atoms with Gasteiger partial charge in [0.1, 0.15) is 10.7 Å². The molecule has 0 aliphatic carbocycles. The summed E-state index contributed by atoms with van der Waals surface area (Å²) in [5.74, 6) is 0.763. The highest BCUT2D eigenvalue weighted by molar-refractivity contribution is 7.89. The van der Waals surface area contributed by atoms with Gasteiger partial charge in [-0.2, -0.15) is 4.31 Å². The van der Waals surface area contributed by atoms with Gasteiger partial charge in [0, 0.05) is 64.5 Å². The first-order chi connectivity index (χ1) is 16.3. The standard InChI is InChI=1S/C23H35N5O5S/c1-18(2)22(29)27-7-3-4-19(17-27)23(30)26-10-8-25(9-11-26)21-6-5-20(16-24-21)34(31,32)28-12-14-33-15-13-28/h5-6,16,18-19H,3-4,7-15,17H2,1-2H3. The van der Waals surface area contributed by atoms with Crippen LogP contribution in [0, 0.1) is 11.8 Å². The summed E-state index contributed by atoms with van der Waals surface area (Å²) < 4.78 is 32.3. The molecule has 10 nitrogen and oxygen atoms in total. The lowest BCUT2D eigenvalue weighted by Crippen LogP contribution is -2.53. The van der Waals surface area contributed by atoms with Crippen LogP contribution in [0.3, 0.4) is 0 Å². The molecule has 0 spiro atoms. The van der Waals surface area contributed by atoms with Crippen molar-refractivity contribution >= 4 is 27.7 Å². The number of nitrogens with zero attached hydrogens (tertiary/aromatic N) is 5. The molecule has 34 heavy (non-hydrogen) atoms. The van der Waals surface area contributed by atoms with Gasteiger partial charge in [-0.05, 0) is 25.0 Å². The predicted molar refractivity (Wildman–Crippen MR) is 127 cm³/mol. The lowest BCUT2D eigenvalue weighted by molar-refractivity contribution is -0.142. The summed E-state index contributed by atoms with van der Waals surface area (Å²) in [6.07, 6.45) is 3.10. The lowest BCUT2D eigenvalue weighted by Gasteiger charge is -2.39. The Balaban J connectivity index is 1.32. The quantitative estimate of drug-likeness (QED) is 0.593. The van der Waals surface area contributed by atoms with Crippen molar-refractivity contribution in [2.45, 2.75) is 31.6 Å². The Kier molecular flexibility index (Phi) is 7.73. The van der Waals surface area contributed by atoms with Crippen LogP contribution in [0.4, 0.5) is 5.82 Å². The highest BCUT2D eigenvalue weighted by atomic mass is 32.2. The summed E-state index contributed by atoms with van der Waals surface area (Å²) in [6, 6.07) is 3.34. The highest BCUT2D eigenvalue weighted by Crippen LogP contribution is 2.23. The second-order valence-electron chi connectivity index (χ2n) is 9.46. The van der Waals surface area contributed by atoms with Gasteiger partial charge in [0.2, 0.25) is 21.8 Å². The van der Waals surface area contributed by atoms with Crippen molar-refractivity contribution in [3.8, 4) is 0 Å². The maximum absolute atomic E-state index is 13.1. The van der Waals surface area contributed by atoms with Crippen LogP contribution in [-0.2, 0) is 24.3 Å². The molecule has 1 aromatic rings. The van der Waals surface area contributed by atoms with E-state index in [0.29, 0.717) is 64.8 Å². The Morgan fingerprint density at radius 2 is 1.71 bits per heavy atom. The molecule has 0 saturated carbocycles. The molecule has 188 valence electrons. The minimum atomic E-state index is -3.57. The van der Waals surface area contributed by atoms with Crippen molar-refractivity contribution < 1.29 is 22.7 Å². The van der Waals surface area contributed by atoms with E-state index in [1.807, 2.05) is 23.6 Å². The van der Waals surface area contributed by atoms with Gasteiger partial charge in [0.05, 0.1) is 19.1 Å². The first-order valence-corrected chi connectivity index (χ1v) is 13.6. The number of hydrogen-bond acceptors (Lipinski definition) is 7. The van der Waals surface area contributed by atoms with E-state index in [0.717, 1.165) is 19.4 Å². The first kappa shape index (κ1) is 24.9. The van der Waals surface area contributed by atoms with Crippen molar-refractivity contribution in [3.63, 3.8) is 0 Å². The Labute approximate surface area is 201 Å². The number of carbonyl (C=O) groups is 2. The number of sulfonamides is 1. The van der Waals surface area contributed by atoms with E-state index in [2.05, 4.69) is 9.88 Å². The van der Waals surface area contributed by atoms with E-state index < -0.39 is 10.0 Å². The van der Waals surface area contributed by atoms with E-state index in [9.17, 15) is 18.0 Å². The van der Waals surface area contributed by atoms with Gasteiger partial charge in [-0.3, -0.25) is 9.59 Å². The molecular formula is C23H35N5O5S. The van der Waals surface area contributed by atoms with Crippen LogP contribution in [0.1, 0.15) is 26.7 Å². The van der Waals surface area contributed by atoms with Crippen molar-refractivity contribution in [2.24, 2.45) is 11.8 Å². The van der Waals surface area contributed by atoms with E-state index in [1.54, 1.807) is 12.1 Å². The fraction of sp³-hybridized carbons (Fsp3) is 0.696. The second-order valence-corrected chi connectivity index (χ2v) is 11.4. The number of likely N-dealkylation sites (tertiary alicyclic amines) is 1. The summed E-state index contributed by atoms with van der Waals surface area (Å²) in [4.78, 5) is 35.9. The number of piperidine rings is 1. The summed E-state index contributed by atoms with van der Waals surface area (Å²) in [5.41, 5.74) is 0. The first-order valence-electron chi connectivity index (χ1n) is 12.1. The molecule has 0 N–H and O–H groups in total. The largest absolute Gasteiger partial charge is 0.379 e. The summed E-state index contributed by atoms with van der Waals surface area (Å²) in [5, 5.41) is 0. The fourth-order valence-electron chi connectivity index (χ4n) is 4.81. The van der Waals surface area contributed by atoms with E-state index in [1.165, 1.54) is 10.5 Å². The molecule has 0 radical (unpaired) electrons. The van der Waals surface area contributed by atoms with Gasteiger partial charge in [0.15, 0.2) is 0 Å². The maximum atomic E-state index is 13.1. The number of hydrogen-bond donors (Lipinski definition) is 0. The number of anilines is 1. The van der Waals surface area contributed by atoms with Crippen LogP contribution in [0.25, 0.3) is 0 Å². The van der Waals surface area contributed by atoms with Gasteiger partial charge in [-0.1, -0.05) is 13.8 Å². The van der Waals surface area contributed by atoms with Crippen molar-refractivity contribution in [1.29, 1.82) is 0 Å². The number of piperazine rings is 1. The van der Waals surface area contributed by atoms with Crippen LogP contribution in [0.5, 0.6) is 0 Å². The van der Waals surface area contributed by atoms with Crippen LogP contribution < -0.4 is 4.90 Å². The zero-order valence-electron chi connectivity index (χ0n) is 20.1. The van der Waals surface area contributed by atoms with Gasteiger partial charge in [-0.25, -0.2) is 13.4 Å². The monoisotopic (exact) mass is 493 g/mol. The molecule has 1 aromatic heterocycles. The number of carbonyl (C=O) groups excluding carboxylic acids is 2. The summed E-state index contributed by atoms with van der Waals surface area (Å²) in [7, 11) is -3.57. The molecule has 4 heterocycles. The molecule has 3 saturated heterocycles. The smallest absolute Gasteiger partial charge is 0.244 e. The van der Waals surface area contributed by atoms with Crippen molar-refractivity contribution in [3.05, 3.63) is 18.3 Å². The Hall–Kier alpha value is -2.24. The molecule has 0 aromatic carbocycles. The zero-order valence-corrected chi connectivity index (χ0v) is 20.9. The Bertz CT molecular complexity index is 970. The molecular weight excluding hydrogens is 458 g/mol. The number of morpholine rings is 1. The van der Waals surface area contributed by atoms with Crippen molar-refractivity contribution in [1.82, 2.24) is 19.1 Å². The topological polar surface area (TPSA) is 103 Å². The molecule has 2 amide bonds. The minimum absolute atomic E-state index is 0.0554. The SMILES string of the molecule is CC(C)C(=O)N1CCCC(C(=O)N2CCN(c3ccc(S(=O)(=O)N4CCOCC4)cn3)CC2)C1. The third-order valence-corrected chi connectivity index (χ3v) is 8.70. The zero-order chi connectivity index (χ0) is 24.3. The van der Waals surface area contributed by atoms with E-state index >= 15 is 0 Å². The Morgan fingerprint density at radius 3 is 2.32 bits per heavy atom. The molecule has 3 fully saturated rings. The normalized spacial score (nSPS) is 22.8. The van der Waals surface area contributed by atoms with E-state index in [4.69, 9.17) is 4.74 Å². The number of ether oxygens (including phenoxy) is 1. The average molecular weight is 494 g/mol. The van der Waals surface area contributed by atoms with Crippen LogP contribution in [0.15, 0.2) is 23.2 Å². The van der Waals surface area contributed by atoms with Gasteiger partial charge in [-0.15, -0.1) is 0 Å². The lowest BCUT2D eigenvalue weighted by atomic mass is 9.95. The molecule has 3 aliphatic heterocycles. The maximum Gasteiger partial charge on any atom is 0.244 e.